The number of carbonyl (C=O) groups excluding carboxylic acids is 1. The Hall–Kier alpha value is -2.90. The zero-order valence-electron chi connectivity index (χ0n) is 15.5. The number of ether oxygens (including phenoxy) is 3. The van der Waals surface area contributed by atoms with Gasteiger partial charge >= 0.3 is 6.18 Å². The zero-order valence-corrected chi connectivity index (χ0v) is 15.5. The van der Waals surface area contributed by atoms with Crippen LogP contribution in [0.5, 0.6) is 17.2 Å². The lowest BCUT2D eigenvalue weighted by atomic mass is 10.0. The average molecular weight is 407 g/mol. The van der Waals surface area contributed by atoms with Crippen molar-refractivity contribution in [1.29, 1.82) is 0 Å². The van der Waals surface area contributed by atoms with Gasteiger partial charge in [-0.05, 0) is 48.6 Å². The maximum absolute atomic E-state index is 13.1. The number of para-hydroxylation sites is 1. The topological polar surface area (TPSA) is 56.8 Å². The molecule has 1 unspecified atom stereocenters. The van der Waals surface area contributed by atoms with Crippen LogP contribution >= 0.6 is 0 Å². The SMILES string of the molecule is O=C(COc1ccccc1C(F)(F)F)NC(c1ccc2c(c1)OCCO2)C1CC1. The summed E-state index contributed by atoms with van der Waals surface area (Å²) in [5.41, 5.74) is -0.0285. The minimum Gasteiger partial charge on any atom is -0.486 e. The Bertz CT molecular complexity index is 896. The van der Waals surface area contributed by atoms with Crippen molar-refractivity contribution >= 4 is 5.91 Å². The van der Waals surface area contributed by atoms with Gasteiger partial charge in [-0.1, -0.05) is 18.2 Å². The summed E-state index contributed by atoms with van der Waals surface area (Å²) in [5, 5.41) is 2.89. The second-order valence-electron chi connectivity index (χ2n) is 7.07. The molecule has 154 valence electrons. The summed E-state index contributed by atoms with van der Waals surface area (Å²) in [6.07, 6.45) is -2.61. The van der Waals surface area contributed by atoms with E-state index < -0.39 is 24.3 Å². The third-order valence-electron chi connectivity index (χ3n) is 4.89. The molecule has 1 amide bonds. The fraction of sp³-hybridized carbons (Fsp3) is 0.381. The highest BCUT2D eigenvalue weighted by molar-refractivity contribution is 5.78. The van der Waals surface area contributed by atoms with E-state index in [0.29, 0.717) is 24.7 Å². The molecule has 1 fully saturated rings. The number of hydrogen-bond donors (Lipinski definition) is 1. The molecule has 0 aromatic heterocycles. The van der Waals surface area contributed by atoms with Crippen LogP contribution in [0.4, 0.5) is 13.2 Å². The summed E-state index contributed by atoms with van der Waals surface area (Å²) < 4.78 is 55.5. The highest BCUT2D eigenvalue weighted by atomic mass is 19.4. The number of halogens is 3. The second-order valence-corrected chi connectivity index (χ2v) is 7.07. The number of amides is 1. The van der Waals surface area contributed by atoms with E-state index in [2.05, 4.69) is 5.32 Å². The third kappa shape index (κ3) is 4.58. The molecule has 2 aliphatic rings. The van der Waals surface area contributed by atoms with Crippen LogP contribution in [-0.2, 0) is 11.0 Å². The number of hydrogen-bond acceptors (Lipinski definition) is 4. The molecular formula is C21H20F3NO4. The smallest absolute Gasteiger partial charge is 0.419 e. The predicted molar refractivity (Wildman–Crippen MR) is 98.0 cm³/mol. The normalized spacial score (nSPS) is 16.8. The van der Waals surface area contributed by atoms with Gasteiger partial charge in [-0.15, -0.1) is 0 Å². The number of carbonyl (C=O) groups is 1. The lowest BCUT2D eigenvalue weighted by molar-refractivity contribution is -0.139. The molecule has 1 aliphatic carbocycles. The minimum atomic E-state index is -4.55. The molecule has 8 heteroatoms. The monoisotopic (exact) mass is 407 g/mol. The zero-order chi connectivity index (χ0) is 20.4. The summed E-state index contributed by atoms with van der Waals surface area (Å²) in [5.74, 6) is 0.729. The van der Waals surface area contributed by atoms with Crippen molar-refractivity contribution in [2.24, 2.45) is 5.92 Å². The van der Waals surface area contributed by atoms with Crippen LogP contribution in [0.1, 0.15) is 30.0 Å². The van der Waals surface area contributed by atoms with Crippen molar-refractivity contribution in [2.75, 3.05) is 19.8 Å². The Kier molecular flexibility index (Phi) is 5.25. The molecule has 29 heavy (non-hydrogen) atoms. The average Bonchev–Trinajstić information content (AvgIpc) is 3.55. The largest absolute Gasteiger partial charge is 0.486 e. The van der Waals surface area contributed by atoms with Crippen LogP contribution in [0.3, 0.4) is 0 Å². The van der Waals surface area contributed by atoms with Crippen LogP contribution in [0.25, 0.3) is 0 Å². The van der Waals surface area contributed by atoms with Crippen LogP contribution in [-0.4, -0.2) is 25.7 Å². The Morgan fingerprint density at radius 2 is 1.83 bits per heavy atom. The van der Waals surface area contributed by atoms with Gasteiger partial charge in [-0.3, -0.25) is 4.79 Å². The Balaban J connectivity index is 1.43. The Morgan fingerprint density at radius 1 is 1.10 bits per heavy atom. The maximum atomic E-state index is 13.1. The van der Waals surface area contributed by atoms with E-state index >= 15 is 0 Å². The fourth-order valence-corrected chi connectivity index (χ4v) is 3.34. The molecular weight excluding hydrogens is 387 g/mol. The van der Waals surface area contributed by atoms with Crippen LogP contribution < -0.4 is 19.5 Å². The van der Waals surface area contributed by atoms with Gasteiger partial charge in [-0.25, -0.2) is 0 Å². The molecule has 0 radical (unpaired) electrons. The fourth-order valence-electron chi connectivity index (χ4n) is 3.34. The van der Waals surface area contributed by atoms with E-state index in [4.69, 9.17) is 14.2 Å². The van der Waals surface area contributed by atoms with E-state index in [-0.39, 0.29) is 17.7 Å². The number of alkyl halides is 3. The second kappa shape index (κ2) is 7.85. The molecule has 1 N–H and O–H groups in total. The highest BCUT2D eigenvalue weighted by Gasteiger charge is 2.35. The van der Waals surface area contributed by atoms with E-state index in [9.17, 15) is 18.0 Å². The van der Waals surface area contributed by atoms with E-state index in [1.54, 1.807) is 6.07 Å². The summed E-state index contributed by atoms with van der Waals surface area (Å²) >= 11 is 0. The van der Waals surface area contributed by atoms with Crippen molar-refractivity contribution in [1.82, 2.24) is 5.32 Å². The van der Waals surface area contributed by atoms with Gasteiger partial charge in [0.15, 0.2) is 18.1 Å². The first kappa shape index (κ1) is 19.4. The van der Waals surface area contributed by atoms with Crippen LogP contribution in [0, 0.1) is 5.92 Å². The minimum absolute atomic E-state index is 0.250. The molecule has 1 heterocycles. The molecule has 2 aromatic rings. The molecule has 1 aliphatic heterocycles. The molecule has 0 saturated heterocycles. The molecule has 2 aromatic carbocycles. The lowest BCUT2D eigenvalue weighted by Crippen LogP contribution is -2.34. The highest BCUT2D eigenvalue weighted by Crippen LogP contribution is 2.43. The molecule has 4 rings (SSSR count). The first-order chi connectivity index (χ1) is 13.9. The van der Waals surface area contributed by atoms with Crippen molar-refractivity contribution < 1.29 is 32.2 Å². The Morgan fingerprint density at radius 3 is 2.55 bits per heavy atom. The summed E-state index contributed by atoms with van der Waals surface area (Å²) in [6, 6.07) is 10.1. The van der Waals surface area contributed by atoms with Crippen molar-refractivity contribution in [3.05, 3.63) is 53.6 Å². The number of benzene rings is 2. The van der Waals surface area contributed by atoms with Gasteiger partial charge in [-0.2, -0.15) is 13.2 Å². The van der Waals surface area contributed by atoms with Gasteiger partial charge in [0.25, 0.3) is 5.91 Å². The standard InChI is InChI=1S/C21H20F3NO4/c22-21(23,24)15-3-1-2-4-16(15)29-12-19(26)25-20(13-5-6-13)14-7-8-17-18(11-14)28-10-9-27-17/h1-4,7-8,11,13,20H,5-6,9-10,12H2,(H,25,26). The number of nitrogens with one attached hydrogen (secondary N) is 1. The summed E-state index contributed by atoms with van der Waals surface area (Å²) in [4.78, 5) is 12.4. The molecule has 0 bridgehead atoms. The first-order valence-electron chi connectivity index (χ1n) is 9.40. The first-order valence-corrected chi connectivity index (χ1v) is 9.40. The third-order valence-corrected chi connectivity index (χ3v) is 4.89. The number of rotatable bonds is 6. The van der Waals surface area contributed by atoms with E-state index in [0.717, 1.165) is 24.5 Å². The van der Waals surface area contributed by atoms with Crippen molar-refractivity contribution in [3.63, 3.8) is 0 Å². The van der Waals surface area contributed by atoms with E-state index in [1.165, 1.54) is 18.2 Å². The van der Waals surface area contributed by atoms with Gasteiger partial charge in [0.05, 0.1) is 11.6 Å². The maximum Gasteiger partial charge on any atom is 0.419 e. The van der Waals surface area contributed by atoms with Crippen LogP contribution in [0.15, 0.2) is 42.5 Å². The quantitative estimate of drug-likeness (QED) is 0.783. The van der Waals surface area contributed by atoms with Gasteiger partial charge in [0, 0.05) is 0 Å². The van der Waals surface area contributed by atoms with Gasteiger partial charge in [0.2, 0.25) is 0 Å². The number of fused-ring (bicyclic) bond motifs is 1. The molecule has 1 atom stereocenters. The molecule has 1 saturated carbocycles. The summed E-state index contributed by atoms with van der Waals surface area (Å²) in [7, 11) is 0. The van der Waals surface area contributed by atoms with Gasteiger partial charge in [0.1, 0.15) is 19.0 Å². The van der Waals surface area contributed by atoms with Crippen molar-refractivity contribution in [3.8, 4) is 17.2 Å². The van der Waals surface area contributed by atoms with E-state index in [1.807, 2.05) is 12.1 Å². The molecule has 5 nitrogen and oxygen atoms in total. The molecule has 0 spiro atoms. The Labute approximate surface area is 165 Å². The predicted octanol–water partition coefficient (Wildman–Crippen LogP) is 4.12. The van der Waals surface area contributed by atoms with Crippen LogP contribution in [0.2, 0.25) is 0 Å². The summed E-state index contributed by atoms with van der Waals surface area (Å²) in [6.45, 7) is 0.454. The van der Waals surface area contributed by atoms with Gasteiger partial charge < -0.3 is 19.5 Å². The lowest BCUT2D eigenvalue weighted by Gasteiger charge is -2.23. The van der Waals surface area contributed by atoms with Crippen molar-refractivity contribution in [2.45, 2.75) is 25.1 Å².